The fourth-order valence-electron chi connectivity index (χ4n) is 4.11. The van der Waals surface area contributed by atoms with Gasteiger partial charge in [0.1, 0.15) is 12.6 Å². The number of sulfonamides is 1. The number of benzene rings is 3. The van der Waals surface area contributed by atoms with Gasteiger partial charge in [0, 0.05) is 13.6 Å². The van der Waals surface area contributed by atoms with Gasteiger partial charge >= 0.3 is 0 Å². The molecule has 0 heterocycles. The van der Waals surface area contributed by atoms with E-state index in [2.05, 4.69) is 5.32 Å². The second-order valence-corrected chi connectivity index (χ2v) is 11.0. The molecule has 7 nitrogen and oxygen atoms in total. The molecule has 0 radical (unpaired) electrons. The predicted octanol–water partition coefficient (Wildman–Crippen LogP) is 4.36. The molecule has 1 atom stereocenters. The monoisotopic (exact) mass is 521 g/mol. The Balaban J connectivity index is 2.06. The van der Waals surface area contributed by atoms with Crippen LogP contribution in [0.15, 0.2) is 77.7 Å². The number of hydrogen-bond acceptors (Lipinski definition) is 4. The molecule has 2 amide bonds. The first kappa shape index (κ1) is 27.9. The molecule has 0 aliphatic carbocycles. The number of amides is 2. The first-order chi connectivity index (χ1) is 17.6. The second kappa shape index (κ2) is 12.1. The zero-order valence-electron chi connectivity index (χ0n) is 22.1. The molecule has 0 saturated heterocycles. The van der Waals surface area contributed by atoms with Crippen molar-refractivity contribution in [1.29, 1.82) is 0 Å². The van der Waals surface area contributed by atoms with E-state index in [1.165, 1.54) is 24.1 Å². The van der Waals surface area contributed by atoms with Crippen molar-refractivity contribution in [1.82, 2.24) is 10.2 Å². The van der Waals surface area contributed by atoms with Crippen LogP contribution in [0.2, 0.25) is 0 Å². The highest BCUT2D eigenvalue weighted by molar-refractivity contribution is 7.92. The van der Waals surface area contributed by atoms with E-state index in [-0.39, 0.29) is 17.3 Å². The quantitative estimate of drug-likeness (QED) is 0.430. The van der Waals surface area contributed by atoms with Crippen molar-refractivity contribution in [2.45, 2.75) is 51.6 Å². The van der Waals surface area contributed by atoms with Crippen molar-refractivity contribution in [2.24, 2.45) is 0 Å². The maximum Gasteiger partial charge on any atom is 0.264 e. The van der Waals surface area contributed by atoms with E-state index in [1.54, 1.807) is 30.3 Å². The maximum atomic E-state index is 13.9. The normalized spacial score (nSPS) is 12.0. The standard InChI is InChI=1S/C29H35N3O4S/c1-6-27(29(34)30-5)31(19-24-15-12-21(2)13-16-24)28(33)20-32(25-17-14-22(3)23(4)18-25)37(35,36)26-10-8-7-9-11-26/h7-18,27H,6,19-20H2,1-5H3,(H,30,34)/t27-/m0/s1. The van der Waals surface area contributed by atoms with Gasteiger partial charge in [-0.2, -0.15) is 0 Å². The lowest BCUT2D eigenvalue weighted by atomic mass is 10.1. The Hall–Kier alpha value is -3.65. The first-order valence-corrected chi connectivity index (χ1v) is 13.7. The summed E-state index contributed by atoms with van der Waals surface area (Å²) in [6, 6.07) is 20.3. The molecule has 0 spiro atoms. The molecule has 0 aromatic heterocycles. The Kier molecular flexibility index (Phi) is 9.10. The molecule has 196 valence electrons. The van der Waals surface area contributed by atoms with Crippen LogP contribution in [0.25, 0.3) is 0 Å². The van der Waals surface area contributed by atoms with Gasteiger partial charge in [0.2, 0.25) is 11.8 Å². The van der Waals surface area contributed by atoms with E-state index in [9.17, 15) is 18.0 Å². The molecule has 0 unspecified atom stereocenters. The molecule has 1 N–H and O–H groups in total. The molecule has 0 bridgehead atoms. The number of likely N-dealkylation sites (N-methyl/N-ethyl adjacent to an activating group) is 1. The molecule has 0 fully saturated rings. The van der Waals surface area contributed by atoms with Crippen molar-refractivity contribution < 1.29 is 18.0 Å². The molecule has 0 aliphatic rings. The van der Waals surface area contributed by atoms with Crippen molar-refractivity contribution in [3.05, 3.63) is 95.1 Å². The Morgan fingerprint density at radius 3 is 2.11 bits per heavy atom. The highest BCUT2D eigenvalue weighted by Crippen LogP contribution is 2.26. The SMILES string of the molecule is CC[C@@H](C(=O)NC)N(Cc1ccc(C)cc1)C(=O)CN(c1ccc(C)c(C)c1)S(=O)(=O)c1ccccc1. The minimum Gasteiger partial charge on any atom is -0.357 e. The van der Waals surface area contributed by atoms with Crippen LogP contribution in [0.1, 0.15) is 35.6 Å². The van der Waals surface area contributed by atoms with Gasteiger partial charge in [0.25, 0.3) is 10.0 Å². The fraction of sp³-hybridized carbons (Fsp3) is 0.310. The third-order valence-corrected chi connectivity index (χ3v) is 8.28. The van der Waals surface area contributed by atoms with Gasteiger partial charge in [-0.05, 0) is 68.1 Å². The Labute approximate surface area is 220 Å². The lowest BCUT2D eigenvalue weighted by Gasteiger charge is -2.33. The van der Waals surface area contributed by atoms with Crippen LogP contribution in [0.3, 0.4) is 0 Å². The van der Waals surface area contributed by atoms with Crippen LogP contribution in [0.5, 0.6) is 0 Å². The number of aryl methyl sites for hydroxylation is 3. The summed E-state index contributed by atoms with van der Waals surface area (Å²) in [5, 5.41) is 2.64. The third kappa shape index (κ3) is 6.57. The molecule has 3 aromatic carbocycles. The fourth-order valence-corrected chi connectivity index (χ4v) is 5.53. The third-order valence-electron chi connectivity index (χ3n) is 6.49. The number of rotatable bonds is 10. The average molecular weight is 522 g/mol. The molecule has 0 saturated carbocycles. The van der Waals surface area contributed by atoms with Gasteiger partial charge in [0.15, 0.2) is 0 Å². The van der Waals surface area contributed by atoms with Gasteiger partial charge in [-0.15, -0.1) is 0 Å². The summed E-state index contributed by atoms with van der Waals surface area (Å²) >= 11 is 0. The number of carbonyl (C=O) groups is 2. The van der Waals surface area contributed by atoms with Crippen LogP contribution in [0.4, 0.5) is 5.69 Å². The molecular formula is C29H35N3O4S. The van der Waals surface area contributed by atoms with Crippen LogP contribution in [0, 0.1) is 20.8 Å². The highest BCUT2D eigenvalue weighted by atomic mass is 32.2. The van der Waals surface area contributed by atoms with Crippen molar-refractivity contribution in [2.75, 3.05) is 17.9 Å². The summed E-state index contributed by atoms with van der Waals surface area (Å²) in [5.74, 6) is -0.764. The number of hydrogen-bond donors (Lipinski definition) is 1. The van der Waals surface area contributed by atoms with E-state index in [0.717, 1.165) is 26.6 Å². The lowest BCUT2D eigenvalue weighted by molar-refractivity contribution is -0.140. The molecule has 0 aliphatic heterocycles. The number of nitrogens with zero attached hydrogens (tertiary/aromatic N) is 2. The minimum absolute atomic E-state index is 0.0875. The zero-order valence-corrected chi connectivity index (χ0v) is 22.9. The minimum atomic E-state index is -4.06. The molecule has 3 aromatic rings. The van der Waals surface area contributed by atoms with E-state index >= 15 is 0 Å². The Morgan fingerprint density at radius 2 is 1.54 bits per heavy atom. The van der Waals surface area contributed by atoms with Gasteiger partial charge in [-0.1, -0.05) is 61.0 Å². The van der Waals surface area contributed by atoms with Gasteiger partial charge in [-0.25, -0.2) is 8.42 Å². The molecule has 8 heteroatoms. The van der Waals surface area contributed by atoms with E-state index in [0.29, 0.717) is 12.1 Å². The maximum absolute atomic E-state index is 13.9. The van der Waals surface area contributed by atoms with E-state index < -0.39 is 28.5 Å². The van der Waals surface area contributed by atoms with Crippen molar-refractivity contribution in [3.63, 3.8) is 0 Å². The largest absolute Gasteiger partial charge is 0.357 e. The average Bonchev–Trinajstić information content (AvgIpc) is 2.90. The molecule has 37 heavy (non-hydrogen) atoms. The zero-order chi connectivity index (χ0) is 27.2. The predicted molar refractivity (Wildman–Crippen MR) is 147 cm³/mol. The summed E-state index contributed by atoms with van der Waals surface area (Å²) in [5.41, 5.74) is 4.24. The number of anilines is 1. The number of nitrogens with one attached hydrogen (secondary N) is 1. The van der Waals surface area contributed by atoms with Crippen molar-refractivity contribution >= 4 is 27.5 Å². The number of carbonyl (C=O) groups excluding carboxylic acids is 2. The topological polar surface area (TPSA) is 86.8 Å². The summed E-state index contributed by atoms with van der Waals surface area (Å²) in [6.45, 7) is 7.38. The summed E-state index contributed by atoms with van der Waals surface area (Å²) in [7, 11) is -2.54. The first-order valence-electron chi connectivity index (χ1n) is 12.3. The highest BCUT2D eigenvalue weighted by Gasteiger charge is 2.33. The summed E-state index contributed by atoms with van der Waals surface area (Å²) < 4.78 is 28.7. The van der Waals surface area contributed by atoms with Crippen molar-refractivity contribution in [3.8, 4) is 0 Å². The Bertz CT molecular complexity index is 1340. The molecular weight excluding hydrogens is 486 g/mol. The van der Waals surface area contributed by atoms with Crippen LogP contribution in [-0.2, 0) is 26.2 Å². The second-order valence-electron chi connectivity index (χ2n) is 9.14. The summed E-state index contributed by atoms with van der Waals surface area (Å²) in [6.07, 6.45) is 0.381. The van der Waals surface area contributed by atoms with Crippen LogP contribution < -0.4 is 9.62 Å². The van der Waals surface area contributed by atoms with E-state index in [4.69, 9.17) is 0 Å². The Morgan fingerprint density at radius 1 is 0.892 bits per heavy atom. The van der Waals surface area contributed by atoms with E-state index in [1.807, 2.05) is 58.0 Å². The van der Waals surface area contributed by atoms with Crippen LogP contribution >= 0.6 is 0 Å². The van der Waals surface area contributed by atoms with Gasteiger partial charge in [0.05, 0.1) is 10.6 Å². The summed E-state index contributed by atoms with van der Waals surface area (Å²) in [4.78, 5) is 28.2. The lowest BCUT2D eigenvalue weighted by Crippen LogP contribution is -2.51. The van der Waals surface area contributed by atoms with Gasteiger partial charge in [-0.3, -0.25) is 13.9 Å². The molecule has 3 rings (SSSR count). The smallest absolute Gasteiger partial charge is 0.264 e. The van der Waals surface area contributed by atoms with Gasteiger partial charge < -0.3 is 10.2 Å². The van der Waals surface area contributed by atoms with Crippen LogP contribution in [-0.4, -0.2) is 44.8 Å².